The molecule has 9 heteroatoms. The van der Waals surface area contributed by atoms with Gasteiger partial charge >= 0.3 is 0 Å². The fraction of sp³-hybridized carbons (Fsp3) is 0.0833. The molecule has 0 saturated carbocycles. The van der Waals surface area contributed by atoms with Crippen molar-refractivity contribution < 1.29 is 17.9 Å². The van der Waals surface area contributed by atoms with E-state index >= 15 is 0 Å². The number of methoxy groups -OCH3 is 1. The number of sulfonamides is 1. The van der Waals surface area contributed by atoms with E-state index in [4.69, 9.17) is 4.74 Å². The fourth-order valence-electron chi connectivity index (χ4n) is 3.23. The number of benzene rings is 3. The van der Waals surface area contributed by atoms with Gasteiger partial charge in [0.2, 0.25) is 0 Å². The molecule has 0 radical (unpaired) electrons. The monoisotopic (exact) mass is 462 g/mol. The highest BCUT2D eigenvalue weighted by molar-refractivity contribution is 7.92. The summed E-state index contributed by atoms with van der Waals surface area (Å²) in [5, 5.41) is 7.11. The van der Waals surface area contributed by atoms with E-state index in [-0.39, 0.29) is 10.8 Å². The van der Waals surface area contributed by atoms with Gasteiger partial charge in [-0.25, -0.2) is 13.1 Å². The van der Waals surface area contributed by atoms with Gasteiger partial charge in [-0.1, -0.05) is 18.2 Å². The Morgan fingerprint density at radius 2 is 1.70 bits per heavy atom. The zero-order chi connectivity index (χ0) is 23.3. The predicted octanol–water partition coefficient (Wildman–Crippen LogP) is 3.61. The van der Waals surface area contributed by atoms with Gasteiger partial charge in [-0.15, -0.1) is 0 Å². The van der Waals surface area contributed by atoms with Crippen molar-refractivity contribution in [1.29, 1.82) is 0 Å². The van der Waals surface area contributed by atoms with Crippen LogP contribution in [-0.4, -0.2) is 31.2 Å². The number of para-hydroxylation sites is 1. The van der Waals surface area contributed by atoms with Gasteiger partial charge in [0, 0.05) is 30.2 Å². The molecule has 3 aromatic carbocycles. The van der Waals surface area contributed by atoms with Crippen LogP contribution in [0.2, 0.25) is 0 Å². The van der Waals surface area contributed by atoms with Crippen LogP contribution in [0, 0.1) is 0 Å². The number of carbonyl (C=O) groups is 1. The second-order valence-electron chi connectivity index (χ2n) is 7.12. The van der Waals surface area contributed by atoms with Crippen LogP contribution in [0.4, 0.5) is 5.69 Å². The number of nitrogens with one attached hydrogen (secondary N) is 2. The summed E-state index contributed by atoms with van der Waals surface area (Å²) in [6.07, 6.45) is 3.52. The third kappa shape index (κ3) is 5.21. The van der Waals surface area contributed by atoms with Crippen molar-refractivity contribution in [2.75, 3.05) is 11.8 Å². The molecule has 0 spiro atoms. The summed E-state index contributed by atoms with van der Waals surface area (Å²) in [4.78, 5) is 12.7. The molecule has 2 N–H and O–H groups in total. The minimum absolute atomic E-state index is 0.0545. The second-order valence-corrected chi connectivity index (χ2v) is 8.80. The summed E-state index contributed by atoms with van der Waals surface area (Å²) in [5.41, 5.74) is 2.54. The van der Waals surface area contributed by atoms with Crippen LogP contribution in [0.1, 0.15) is 15.9 Å². The van der Waals surface area contributed by atoms with Gasteiger partial charge in [0.25, 0.3) is 15.9 Å². The number of nitrogens with zero attached hydrogens (tertiary/aromatic N) is 2. The van der Waals surface area contributed by atoms with Crippen LogP contribution in [0.25, 0.3) is 5.69 Å². The Kier molecular flexibility index (Phi) is 6.41. The third-order valence-electron chi connectivity index (χ3n) is 4.95. The number of ether oxygens (including phenoxy) is 1. The minimum atomic E-state index is -3.79. The van der Waals surface area contributed by atoms with Crippen LogP contribution in [0.5, 0.6) is 5.75 Å². The first-order valence-electron chi connectivity index (χ1n) is 10.1. The molecular formula is C24H22N4O4S. The fourth-order valence-corrected chi connectivity index (χ4v) is 4.29. The number of rotatable bonds is 8. The standard InChI is InChI=1S/C24H22N4O4S/c1-32-21-11-9-20(10-12-21)27-33(30,31)22-13-7-18(8-14-22)24(29)25-17-19-5-2-3-6-23(19)28-16-4-15-26-28/h2-16,27H,17H2,1H3,(H,25,29). The topological polar surface area (TPSA) is 102 Å². The molecule has 1 heterocycles. The highest BCUT2D eigenvalue weighted by atomic mass is 32.2. The third-order valence-corrected chi connectivity index (χ3v) is 6.35. The quantitative estimate of drug-likeness (QED) is 0.416. The largest absolute Gasteiger partial charge is 0.497 e. The van der Waals surface area contributed by atoms with Crippen molar-refractivity contribution in [3.8, 4) is 11.4 Å². The number of aromatic nitrogens is 2. The number of hydrogen-bond acceptors (Lipinski definition) is 5. The molecule has 4 rings (SSSR count). The second kappa shape index (κ2) is 9.58. The van der Waals surface area contributed by atoms with Gasteiger partial charge in [-0.2, -0.15) is 5.10 Å². The Hall–Kier alpha value is -4.11. The zero-order valence-electron chi connectivity index (χ0n) is 17.8. The molecule has 1 aromatic heterocycles. The molecule has 0 aliphatic rings. The van der Waals surface area contributed by atoms with E-state index in [9.17, 15) is 13.2 Å². The van der Waals surface area contributed by atoms with Crippen LogP contribution in [0.3, 0.4) is 0 Å². The number of hydrogen-bond donors (Lipinski definition) is 2. The zero-order valence-corrected chi connectivity index (χ0v) is 18.6. The Morgan fingerprint density at radius 1 is 0.970 bits per heavy atom. The van der Waals surface area contributed by atoms with Crippen LogP contribution in [-0.2, 0) is 16.6 Å². The van der Waals surface area contributed by atoms with Gasteiger partial charge in [0.15, 0.2) is 0 Å². The Balaban J connectivity index is 1.42. The average Bonchev–Trinajstić information content (AvgIpc) is 3.38. The lowest BCUT2D eigenvalue weighted by molar-refractivity contribution is 0.0951. The van der Waals surface area contributed by atoms with Crippen molar-refractivity contribution >= 4 is 21.6 Å². The van der Waals surface area contributed by atoms with Gasteiger partial charge in [0.1, 0.15) is 5.75 Å². The summed E-state index contributed by atoms with van der Waals surface area (Å²) in [6.45, 7) is 0.300. The summed E-state index contributed by atoms with van der Waals surface area (Å²) < 4.78 is 34.6. The molecule has 0 aliphatic heterocycles. The lowest BCUT2D eigenvalue weighted by Crippen LogP contribution is -2.23. The van der Waals surface area contributed by atoms with Crippen molar-refractivity contribution in [1.82, 2.24) is 15.1 Å². The first-order valence-corrected chi connectivity index (χ1v) is 11.6. The Bertz CT molecular complexity index is 1330. The molecule has 1 amide bonds. The highest BCUT2D eigenvalue weighted by Crippen LogP contribution is 2.20. The highest BCUT2D eigenvalue weighted by Gasteiger charge is 2.16. The normalized spacial score (nSPS) is 11.1. The predicted molar refractivity (Wildman–Crippen MR) is 125 cm³/mol. The molecule has 0 aliphatic carbocycles. The molecule has 0 fully saturated rings. The van der Waals surface area contributed by atoms with Gasteiger partial charge in [-0.05, 0) is 66.2 Å². The SMILES string of the molecule is COc1ccc(NS(=O)(=O)c2ccc(C(=O)NCc3ccccc3-n3cccn3)cc2)cc1. The van der Waals surface area contributed by atoms with E-state index in [1.165, 1.54) is 31.4 Å². The number of anilines is 1. The lowest BCUT2D eigenvalue weighted by atomic mass is 10.1. The van der Waals surface area contributed by atoms with Crippen LogP contribution < -0.4 is 14.8 Å². The van der Waals surface area contributed by atoms with Crippen LogP contribution >= 0.6 is 0 Å². The first-order chi connectivity index (χ1) is 16.0. The Labute approximate surface area is 191 Å². The molecule has 168 valence electrons. The van der Waals surface area contributed by atoms with Crippen LogP contribution in [0.15, 0.2) is 96.2 Å². The summed E-state index contributed by atoms with van der Waals surface area (Å²) in [6, 6.07) is 21.8. The first kappa shape index (κ1) is 22.1. The van der Waals surface area contributed by atoms with Gasteiger partial charge in [0.05, 0.1) is 17.7 Å². The van der Waals surface area contributed by atoms with Crippen molar-refractivity contribution in [3.05, 3.63) is 102 Å². The van der Waals surface area contributed by atoms with E-state index in [0.717, 1.165) is 11.3 Å². The van der Waals surface area contributed by atoms with Gasteiger partial charge < -0.3 is 10.1 Å². The molecule has 4 aromatic rings. The maximum absolute atomic E-state index is 12.6. The van der Waals surface area contributed by atoms with E-state index in [1.54, 1.807) is 35.1 Å². The van der Waals surface area contributed by atoms with E-state index < -0.39 is 10.0 Å². The van der Waals surface area contributed by atoms with Crippen molar-refractivity contribution in [3.63, 3.8) is 0 Å². The summed E-state index contributed by atoms with van der Waals surface area (Å²) >= 11 is 0. The van der Waals surface area contributed by atoms with E-state index in [0.29, 0.717) is 23.5 Å². The summed E-state index contributed by atoms with van der Waals surface area (Å²) in [5.74, 6) is 0.317. The maximum Gasteiger partial charge on any atom is 0.261 e. The molecule has 33 heavy (non-hydrogen) atoms. The smallest absolute Gasteiger partial charge is 0.261 e. The minimum Gasteiger partial charge on any atom is -0.497 e. The molecule has 0 atom stereocenters. The Morgan fingerprint density at radius 3 is 2.36 bits per heavy atom. The number of carbonyl (C=O) groups excluding carboxylic acids is 1. The van der Waals surface area contributed by atoms with E-state index in [1.807, 2.05) is 36.5 Å². The number of amides is 1. The van der Waals surface area contributed by atoms with Gasteiger partial charge in [-0.3, -0.25) is 9.52 Å². The molecular weight excluding hydrogens is 440 g/mol. The maximum atomic E-state index is 12.6. The molecule has 8 nitrogen and oxygen atoms in total. The average molecular weight is 463 g/mol. The summed E-state index contributed by atoms with van der Waals surface area (Å²) in [7, 11) is -2.26. The van der Waals surface area contributed by atoms with Crippen molar-refractivity contribution in [2.24, 2.45) is 0 Å². The molecule has 0 unspecified atom stereocenters. The molecule has 0 saturated heterocycles. The van der Waals surface area contributed by atoms with E-state index in [2.05, 4.69) is 15.1 Å². The van der Waals surface area contributed by atoms with Crippen molar-refractivity contribution in [2.45, 2.75) is 11.4 Å². The lowest BCUT2D eigenvalue weighted by Gasteiger charge is -2.11. The molecule has 0 bridgehead atoms.